The summed E-state index contributed by atoms with van der Waals surface area (Å²) in [6.45, 7) is 26.4. The van der Waals surface area contributed by atoms with Crippen LogP contribution in [0.1, 0.15) is 191 Å². The van der Waals surface area contributed by atoms with Crippen molar-refractivity contribution in [3.63, 3.8) is 0 Å². The van der Waals surface area contributed by atoms with E-state index in [1.165, 1.54) is 0 Å². The van der Waals surface area contributed by atoms with Gasteiger partial charge in [0.25, 0.3) is 0 Å². The maximum absolute atomic E-state index is 14.5. The summed E-state index contributed by atoms with van der Waals surface area (Å²) in [6, 6.07) is 26.5. The first-order valence-corrected chi connectivity index (χ1v) is 33.8. The molecule has 482 valence electrons. The van der Waals surface area contributed by atoms with Gasteiger partial charge in [0.1, 0.15) is 30.4 Å². The van der Waals surface area contributed by atoms with E-state index < -0.39 is 61.0 Å². The summed E-state index contributed by atoms with van der Waals surface area (Å²) in [6.07, 6.45) is 4.93. The second-order valence-corrected chi connectivity index (χ2v) is 28.8. The van der Waals surface area contributed by atoms with Crippen LogP contribution in [0.4, 0.5) is 0 Å². The lowest BCUT2D eigenvalue weighted by atomic mass is 9.44. The molecule has 0 bridgehead atoms. The number of benzene rings is 3. The third-order valence-electron chi connectivity index (χ3n) is 23.7. The zero-order valence-corrected chi connectivity index (χ0v) is 54.6. The molecule has 3 aliphatic heterocycles. The molecule has 4 aliphatic carbocycles. The maximum atomic E-state index is 14.5. The van der Waals surface area contributed by atoms with E-state index in [9.17, 15) is 24.0 Å². The minimum atomic E-state index is -1.06. The van der Waals surface area contributed by atoms with Crippen molar-refractivity contribution in [1.82, 2.24) is 0 Å². The van der Waals surface area contributed by atoms with Gasteiger partial charge in [0.05, 0.1) is 47.7 Å². The van der Waals surface area contributed by atoms with E-state index in [1.807, 2.05) is 58.0 Å². The number of fused-ring (bicyclic) bond motifs is 5. The van der Waals surface area contributed by atoms with Crippen LogP contribution in [0, 0.1) is 87.8 Å². The Morgan fingerprint density at radius 1 is 0.568 bits per heavy atom. The monoisotopic (exact) mass is 1210 g/mol. The Kier molecular flexibility index (Phi) is 21.3. The number of hydrogen-bond donors (Lipinski definition) is 0. The van der Waals surface area contributed by atoms with Crippen molar-refractivity contribution in [3.8, 4) is 0 Å². The molecule has 3 aromatic rings. The van der Waals surface area contributed by atoms with Crippen molar-refractivity contribution in [2.75, 3.05) is 13.2 Å². The molecule has 10 rings (SSSR count). The molecule has 7 fully saturated rings. The summed E-state index contributed by atoms with van der Waals surface area (Å²) in [5, 5.41) is 0. The number of Topliss-reactive ketones (excluding diaryl/α,β-unsaturated/α-hetero) is 2. The molecule has 0 spiro atoms. The molecule has 0 amide bonds. The highest BCUT2D eigenvalue weighted by molar-refractivity contribution is 5.92. The Labute approximate surface area is 524 Å². The third kappa shape index (κ3) is 13.7. The number of carbonyl (C=O) groups is 5. The molecule has 14 nitrogen and oxygen atoms in total. The van der Waals surface area contributed by atoms with Crippen LogP contribution in [0.3, 0.4) is 0 Å². The highest BCUT2D eigenvalue weighted by Gasteiger charge is 2.64. The second kappa shape index (κ2) is 28.4. The van der Waals surface area contributed by atoms with Crippen LogP contribution in [-0.2, 0) is 52.2 Å². The lowest BCUT2D eigenvalue weighted by Gasteiger charge is -2.61. The van der Waals surface area contributed by atoms with Gasteiger partial charge in [0.2, 0.25) is 0 Å². The zero-order chi connectivity index (χ0) is 62.8. The van der Waals surface area contributed by atoms with Gasteiger partial charge in [-0.05, 0) is 159 Å². The van der Waals surface area contributed by atoms with Crippen molar-refractivity contribution in [2.24, 2.45) is 87.8 Å². The predicted molar refractivity (Wildman–Crippen MR) is 333 cm³/mol. The summed E-state index contributed by atoms with van der Waals surface area (Å²) in [4.78, 5) is 69.5. The fourth-order valence-corrected chi connectivity index (χ4v) is 17.7. The van der Waals surface area contributed by atoms with E-state index in [-0.39, 0.29) is 101 Å². The van der Waals surface area contributed by atoms with Gasteiger partial charge in [-0.1, -0.05) is 138 Å². The van der Waals surface area contributed by atoms with Gasteiger partial charge in [-0.25, -0.2) is 14.4 Å². The molecule has 7 aliphatic rings. The Morgan fingerprint density at radius 3 is 1.74 bits per heavy atom. The lowest BCUT2D eigenvalue weighted by Crippen LogP contribution is -2.57. The quantitative estimate of drug-likeness (QED) is 0.0561. The standard InChI is InChI=1S/C74H102O14/c1-13-60-44(5)43(4)46(7)71(83-60)88-64-45(6)47(8)70(85-62(64)41-80-67(77)50-24-18-15-19-25-50)82-54-34-36-73(11)53(38-54)31-32-55-56(73)35-37-74(12)57(55)39-59(76)63(74)48(9)58(75)33-30-42(3)40-81-72-66(87-69(79)52-28-22-17-23-29-52)65(49(10)61(14-2)84-72)86-68(78)51-26-20-16-21-27-51/h15-29,42-49,53-57,60-66,70-72H,13-14,30-41H2,1-12H3/t42-,43-,44-,45+,46?,47?,48+,49+,53?,54?,55?,56?,57?,60?,61?,62?,63?,64+,65-,66?,70+,71-,72+,73?,74?/m0/s1. The number of rotatable bonds is 21. The number of esters is 3. The molecule has 3 aromatic carbocycles. The largest absolute Gasteiger partial charge is 0.459 e. The highest BCUT2D eigenvalue weighted by Crippen LogP contribution is 2.68. The highest BCUT2D eigenvalue weighted by atomic mass is 16.7. The molecule has 4 saturated carbocycles. The summed E-state index contributed by atoms with van der Waals surface area (Å²) in [5.41, 5.74) is 1.09. The Hall–Kier alpha value is -4.83. The minimum absolute atomic E-state index is 0.00488. The van der Waals surface area contributed by atoms with Crippen LogP contribution in [0.25, 0.3) is 0 Å². The summed E-state index contributed by atoms with van der Waals surface area (Å²) < 4.78 is 59.2. The minimum Gasteiger partial charge on any atom is -0.459 e. The molecular formula is C74H102O14. The van der Waals surface area contributed by atoms with Crippen molar-refractivity contribution in [2.45, 2.75) is 222 Å². The molecular weight excluding hydrogens is 1110 g/mol. The second-order valence-electron chi connectivity index (χ2n) is 28.8. The van der Waals surface area contributed by atoms with Gasteiger partial charge in [-0.15, -0.1) is 0 Å². The number of ketones is 2. The molecule has 0 N–H and O–H groups in total. The fourth-order valence-electron chi connectivity index (χ4n) is 17.7. The van der Waals surface area contributed by atoms with E-state index in [2.05, 4.69) is 55.4 Å². The van der Waals surface area contributed by atoms with Crippen molar-refractivity contribution in [1.29, 1.82) is 0 Å². The summed E-state index contributed by atoms with van der Waals surface area (Å²) in [5.74, 6) is 0.377. The fraction of sp³-hybridized carbons (Fsp3) is 0.689. The molecule has 0 aromatic heterocycles. The van der Waals surface area contributed by atoms with Crippen LogP contribution in [-0.4, -0.2) is 104 Å². The van der Waals surface area contributed by atoms with E-state index >= 15 is 0 Å². The van der Waals surface area contributed by atoms with Gasteiger partial charge in [-0.3, -0.25) is 9.59 Å². The molecule has 14 unspecified atom stereocenters. The predicted octanol–water partition coefficient (Wildman–Crippen LogP) is 14.4. The van der Waals surface area contributed by atoms with Crippen LogP contribution in [0.2, 0.25) is 0 Å². The topological polar surface area (TPSA) is 168 Å². The van der Waals surface area contributed by atoms with Gasteiger partial charge in [-0.2, -0.15) is 0 Å². The molecule has 14 heteroatoms. The molecule has 3 saturated heterocycles. The Balaban J connectivity index is 0.745. The van der Waals surface area contributed by atoms with Crippen molar-refractivity contribution in [3.05, 3.63) is 108 Å². The maximum Gasteiger partial charge on any atom is 0.338 e. The zero-order valence-electron chi connectivity index (χ0n) is 54.6. The Morgan fingerprint density at radius 2 is 1.11 bits per heavy atom. The Bertz CT molecular complexity index is 2830. The van der Waals surface area contributed by atoms with Gasteiger partial charge < -0.3 is 42.6 Å². The molecule has 88 heavy (non-hydrogen) atoms. The summed E-state index contributed by atoms with van der Waals surface area (Å²) in [7, 11) is 0. The number of hydrogen-bond acceptors (Lipinski definition) is 14. The molecule has 3 heterocycles. The lowest BCUT2D eigenvalue weighted by molar-refractivity contribution is -0.333. The smallest absolute Gasteiger partial charge is 0.338 e. The van der Waals surface area contributed by atoms with Crippen molar-refractivity contribution >= 4 is 29.5 Å². The van der Waals surface area contributed by atoms with Crippen LogP contribution >= 0.6 is 0 Å². The normalized spacial score (nSPS) is 39.6. The third-order valence-corrected chi connectivity index (χ3v) is 23.7. The van der Waals surface area contributed by atoms with Crippen LogP contribution in [0.15, 0.2) is 91.0 Å². The first kappa shape index (κ1) is 66.1. The van der Waals surface area contributed by atoms with E-state index in [0.29, 0.717) is 72.0 Å². The first-order chi connectivity index (χ1) is 42.1. The molecule has 25 atom stereocenters. The average molecular weight is 1220 g/mol. The van der Waals surface area contributed by atoms with Crippen LogP contribution < -0.4 is 0 Å². The van der Waals surface area contributed by atoms with Crippen molar-refractivity contribution < 1.29 is 66.6 Å². The van der Waals surface area contributed by atoms with Gasteiger partial charge in [0.15, 0.2) is 25.0 Å². The van der Waals surface area contributed by atoms with E-state index in [0.717, 1.165) is 51.4 Å². The van der Waals surface area contributed by atoms with E-state index in [1.54, 1.807) is 60.7 Å². The number of ether oxygens (including phenoxy) is 9. The van der Waals surface area contributed by atoms with Gasteiger partial charge in [0, 0.05) is 42.4 Å². The first-order valence-electron chi connectivity index (χ1n) is 33.8. The molecule has 0 radical (unpaired) electrons. The van der Waals surface area contributed by atoms with Gasteiger partial charge >= 0.3 is 17.9 Å². The van der Waals surface area contributed by atoms with E-state index in [4.69, 9.17) is 42.6 Å². The average Bonchev–Trinajstić information content (AvgIpc) is 1.45. The SMILES string of the molecule is CCC1O[C@@H](O[C@H]2C(COC(=O)c3ccccc3)O[C@@H](OC3CCC4(C)C(CCC5C4CCC4(C)C5CC(=O)C4[C@H](C)C(=O)CC[C@H](C)CO[C@@H]4OC(CC)[C@@H](C)[C@H](OC(=O)c5ccccc5)C4OC(=O)c4ccccc4)C3)C(C)[C@H]2C)C(C)[C@@H](C)[C@@H]1C. The number of carbonyl (C=O) groups excluding carboxylic acids is 5. The van der Waals surface area contributed by atoms with Crippen LogP contribution in [0.5, 0.6) is 0 Å². The summed E-state index contributed by atoms with van der Waals surface area (Å²) >= 11 is 0.